The largest absolute Gasteiger partial charge is 0.480 e. The number of carbonyl (C=O) groups is 3. The molecule has 0 unspecified atom stereocenters. The second kappa shape index (κ2) is 13.1. The van der Waals surface area contributed by atoms with Crippen molar-refractivity contribution in [2.75, 3.05) is 0 Å². The Morgan fingerprint density at radius 2 is 1.48 bits per heavy atom. The number of unbranched alkanes of at least 4 members (excludes halogenated alkanes) is 2. The summed E-state index contributed by atoms with van der Waals surface area (Å²) in [4.78, 5) is 36.7. The molecule has 0 aliphatic carbocycles. The van der Waals surface area contributed by atoms with Crippen molar-refractivity contribution in [2.45, 2.75) is 57.7 Å². The number of amides is 2. The van der Waals surface area contributed by atoms with Gasteiger partial charge in [0.25, 0.3) is 0 Å². The molecule has 31 heavy (non-hydrogen) atoms. The van der Waals surface area contributed by atoms with E-state index in [-0.39, 0.29) is 13.0 Å². The van der Waals surface area contributed by atoms with Gasteiger partial charge in [0.05, 0.1) is 0 Å². The maximum atomic E-state index is 12.8. The summed E-state index contributed by atoms with van der Waals surface area (Å²) in [6, 6.07) is 16.3. The summed E-state index contributed by atoms with van der Waals surface area (Å²) in [5.41, 5.74) is 1.63. The minimum Gasteiger partial charge on any atom is -0.480 e. The van der Waals surface area contributed by atoms with Crippen LogP contribution in [-0.4, -0.2) is 35.2 Å². The molecule has 0 saturated carbocycles. The molecule has 7 heteroatoms. The van der Waals surface area contributed by atoms with Crippen LogP contribution in [0.25, 0.3) is 0 Å². The Morgan fingerprint density at radius 3 is 2.06 bits per heavy atom. The van der Waals surface area contributed by atoms with Crippen molar-refractivity contribution in [3.63, 3.8) is 0 Å². The van der Waals surface area contributed by atoms with E-state index in [0.29, 0.717) is 6.42 Å². The van der Waals surface area contributed by atoms with Crippen LogP contribution in [0.15, 0.2) is 60.7 Å². The quantitative estimate of drug-likeness (QED) is 0.449. The van der Waals surface area contributed by atoms with Crippen molar-refractivity contribution in [1.29, 1.82) is 0 Å². The first-order valence-corrected chi connectivity index (χ1v) is 10.5. The molecule has 0 radical (unpaired) electrons. The molecule has 2 aromatic carbocycles. The third-order valence-corrected chi connectivity index (χ3v) is 4.81. The van der Waals surface area contributed by atoms with E-state index >= 15 is 0 Å². The average molecular weight is 427 g/mol. The molecule has 2 aromatic rings. The lowest BCUT2D eigenvalue weighted by atomic mass is 10.0. The van der Waals surface area contributed by atoms with Crippen LogP contribution in [0.2, 0.25) is 0 Å². The van der Waals surface area contributed by atoms with Gasteiger partial charge in [-0.1, -0.05) is 86.8 Å². The molecule has 0 bridgehead atoms. The highest BCUT2D eigenvalue weighted by atomic mass is 16.5. The van der Waals surface area contributed by atoms with E-state index in [1.54, 1.807) is 12.1 Å². The van der Waals surface area contributed by atoms with E-state index in [0.717, 1.165) is 30.4 Å². The number of carboxylic acid groups (broad SMARTS) is 1. The number of benzene rings is 2. The smallest absolute Gasteiger partial charge is 0.408 e. The Kier molecular flexibility index (Phi) is 10.1. The van der Waals surface area contributed by atoms with Crippen LogP contribution in [0.1, 0.15) is 43.7 Å². The Hall–Kier alpha value is -3.35. The zero-order valence-corrected chi connectivity index (χ0v) is 17.8. The van der Waals surface area contributed by atoms with Crippen molar-refractivity contribution < 1.29 is 24.2 Å². The van der Waals surface area contributed by atoms with Gasteiger partial charge in [-0.2, -0.15) is 0 Å². The first kappa shape index (κ1) is 23.9. The van der Waals surface area contributed by atoms with Gasteiger partial charge in [-0.15, -0.1) is 0 Å². The van der Waals surface area contributed by atoms with Gasteiger partial charge in [-0.25, -0.2) is 9.59 Å². The molecule has 166 valence electrons. The summed E-state index contributed by atoms with van der Waals surface area (Å²) in [7, 11) is 0. The van der Waals surface area contributed by atoms with Crippen LogP contribution in [0.5, 0.6) is 0 Å². The van der Waals surface area contributed by atoms with Gasteiger partial charge in [0.2, 0.25) is 5.91 Å². The Morgan fingerprint density at radius 1 is 0.871 bits per heavy atom. The fourth-order valence-electron chi connectivity index (χ4n) is 3.10. The standard InChI is InChI=1S/C24H30N2O5/c1-2-3-6-15-20(26-24(30)31-17-19-13-9-5-10-14-19)22(27)25-21(23(28)29)16-18-11-7-4-8-12-18/h4-5,7-14,20-21H,2-3,6,15-17H2,1H3,(H,25,27)(H,26,30)(H,28,29)/t20-,21-/m0/s1. The predicted octanol–water partition coefficient (Wildman–Crippen LogP) is 3.67. The molecule has 2 amide bonds. The Balaban J connectivity index is 1.97. The number of hydrogen-bond acceptors (Lipinski definition) is 4. The van der Waals surface area contributed by atoms with Gasteiger partial charge in [0.1, 0.15) is 18.7 Å². The molecule has 7 nitrogen and oxygen atoms in total. The maximum Gasteiger partial charge on any atom is 0.408 e. The SMILES string of the molecule is CCCCC[C@H](NC(=O)OCc1ccccc1)C(=O)N[C@@H](Cc1ccccc1)C(=O)O. The number of aliphatic carboxylic acids is 1. The second-order valence-corrected chi connectivity index (χ2v) is 7.34. The molecule has 2 rings (SSSR count). The second-order valence-electron chi connectivity index (χ2n) is 7.34. The van der Waals surface area contributed by atoms with Gasteiger partial charge >= 0.3 is 12.1 Å². The molecule has 3 N–H and O–H groups in total. The van der Waals surface area contributed by atoms with Gasteiger partial charge < -0.3 is 20.5 Å². The van der Waals surface area contributed by atoms with E-state index < -0.39 is 30.1 Å². The van der Waals surface area contributed by atoms with Crippen molar-refractivity contribution in [3.05, 3.63) is 71.8 Å². The van der Waals surface area contributed by atoms with E-state index in [4.69, 9.17) is 4.74 Å². The molecular formula is C24H30N2O5. The van der Waals surface area contributed by atoms with Crippen LogP contribution >= 0.6 is 0 Å². The lowest BCUT2D eigenvalue weighted by Gasteiger charge is -2.21. The highest BCUT2D eigenvalue weighted by Gasteiger charge is 2.27. The van der Waals surface area contributed by atoms with Crippen molar-refractivity contribution in [1.82, 2.24) is 10.6 Å². The molecule has 0 heterocycles. The zero-order valence-electron chi connectivity index (χ0n) is 17.8. The number of hydrogen-bond donors (Lipinski definition) is 3. The third-order valence-electron chi connectivity index (χ3n) is 4.81. The topological polar surface area (TPSA) is 105 Å². The molecule has 0 aliphatic heterocycles. The van der Waals surface area contributed by atoms with Gasteiger partial charge in [-0.05, 0) is 17.5 Å². The Bertz CT molecular complexity index is 826. The summed E-state index contributed by atoms with van der Waals surface area (Å²) in [5.74, 6) is -1.66. The highest BCUT2D eigenvalue weighted by Crippen LogP contribution is 2.08. The van der Waals surface area contributed by atoms with E-state index in [1.165, 1.54) is 0 Å². The molecule has 0 aromatic heterocycles. The fourth-order valence-corrected chi connectivity index (χ4v) is 3.10. The van der Waals surface area contributed by atoms with Crippen molar-refractivity contribution >= 4 is 18.0 Å². The lowest BCUT2D eigenvalue weighted by Crippen LogP contribution is -2.52. The Labute approximate surface area is 182 Å². The molecule has 0 aliphatic rings. The van der Waals surface area contributed by atoms with Crippen LogP contribution in [-0.2, 0) is 27.4 Å². The monoisotopic (exact) mass is 426 g/mol. The zero-order chi connectivity index (χ0) is 22.5. The van der Waals surface area contributed by atoms with Crippen LogP contribution < -0.4 is 10.6 Å². The van der Waals surface area contributed by atoms with Gasteiger partial charge in [0.15, 0.2) is 0 Å². The number of nitrogens with one attached hydrogen (secondary N) is 2. The van der Waals surface area contributed by atoms with Crippen LogP contribution in [0.3, 0.4) is 0 Å². The van der Waals surface area contributed by atoms with Gasteiger partial charge in [0, 0.05) is 6.42 Å². The summed E-state index contributed by atoms with van der Waals surface area (Å²) >= 11 is 0. The van der Waals surface area contributed by atoms with E-state index in [9.17, 15) is 19.5 Å². The highest BCUT2D eigenvalue weighted by molar-refractivity contribution is 5.89. The first-order chi connectivity index (χ1) is 15.0. The first-order valence-electron chi connectivity index (χ1n) is 10.5. The summed E-state index contributed by atoms with van der Waals surface area (Å²) in [6.07, 6.45) is 2.43. The molecule has 0 spiro atoms. The fraction of sp³-hybridized carbons (Fsp3) is 0.375. The van der Waals surface area contributed by atoms with Crippen molar-refractivity contribution in [2.24, 2.45) is 0 Å². The molecule has 2 atom stereocenters. The van der Waals surface area contributed by atoms with Crippen LogP contribution in [0.4, 0.5) is 4.79 Å². The minimum absolute atomic E-state index is 0.0851. The third kappa shape index (κ3) is 8.90. The summed E-state index contributed by atoms with van der Waals surface area (Å²) in [5, 5.41) is 14.7. The number of rotatable bonds is 12. The summed E-state index contributed by atoms with van der Waals surface area (Å²) < 4.78 is 5.22. The number of ether oxygens (including phenoxy) is 1. The average Bonchev–Trinajstić information content (AvgIpc) is 2.78. The molecular weight excluding hydrogens is 396 g/mol. The van der Waals surface area contributed by atoms with E-state index in [2.05, 4.69) is 10.6 Å². The lowest BCUT2D eigenvalue weighted by molar-refractivity contribution is -0.142. The minimum atomic E-state index is -1.13. The number of carboxylic acids is 1. The van der Waals surface area contributed by atoms with Gasteiger partial charge in [-0.3, -0.25) is 4.79 Å². The maximum absolute atomic E-state index is 12.8. The van der Waals surface area contributed by atoms with Crippen LogP contribution in [0, 0.1) is 0 Å². The number of alkyl carbamates (subject to hydrolysis) is 1. The molecule has 0 saturated heterocycles. The van der Waals surface area contributed by atoms with E-state index in [1.807, 2.05) is 55.5 Å². The summed E-state index contributed by atoms with van der Waals surface area (Å²) in [6.45, 7) is 2.12. The molecule has 0 fully saturated rings. The normalized spacial score (nSPS) is 12.4. The van der Waals surface area contributed by atoms with Crippen molar-refractivity contribution in [3.8, 4) is 0 Å². The predicted molar refractivity (Wildman–Crippen MR) is 117 cm³/mol. The number of carbonyl (C=O) groups excluding carboxylic acids is 2.